The van der Waals surface area contributed by atoms with Gasteiger partial charge in [-0.1, -0.05) is 19.8 Å². The number of hydrogen-bond acceptors (Lipinski definition) is 3. The highest BCUT2D eigenvalue weighted by Crippen LogP contribution is 2.24. The third-order valence-corrected chi connectivity index (χ3v) is 4.65. The van der Waals surface area contributed by atoms with Crippen LogP contribution >= 0.6 is 0 Å². The maximum atomic E-state index is 12.3. The molecule has 1 heterocycles. The molecule has 0 bridgehead atoms. The lowest BCUT2D eigenvalue weighted by molar-refractivity contribution is -0.141. The smallest absolute Gasteiger partial charge is 0.317 e. The molecule has 2 rings (SSSR count). The van der Waals surface area contributed by atoms with Crippen LogP contribution in [0, 0.1) is 5.92 Å². The molecule has 114 valence electrons. The van der Waals surface area contributed by atoms with Gasteiger partial charge in [0.05, 0.1) is 13.1 Å². The Morgan fingerprint density at radius 3 is 2.25 bits per heavy atom. The summed E-state index contributed by atoms with van der Waals surface area (Å²) in [7, 11) is 0. The fourth-order valence-corrected chi connectivity index (χ4v) is 3.29. The Morgan fingerprint density at radius 2 is 1.70 bits per heavy atom. The normalized spacial score (nSPS) is 21.6. The number of nitrogens with zero attached hydrogens (tertiary/aromatic N) is 2. The largest absolute Gasteiger partial charge is 0.480 e. The molecule has 0 spiro atoms. The van der Waals surface area contributed by atoms with Gasteiger partial charge in [0.2, 0.25) is 5.91 Å². The first-order valence-corrected chi connectivity index (χ1v) is 7.80. The van der Waals surface area contributed by atoms with Gasteiger partial charge in [0.25, 0.3) is 0 Å². The summed E-state index contributed by atoms with van der Waals surface area (Å²) in [4.78, 5) is 27.1. The molecule has 0 aromatic heterocycles. The second-order valence-corrected chi connectivity index (χ2v) is 6.30. The van der Waals surface area contributed by atoms with Crippen molar-refractivity contribution in [2.45, 2.75) is 51.5 Å². The molecule has 5 heteroatoms. The van der Waals surface area contributed by atoms with Crippen molar-refractivity contribution < 1.29 is 14.7 Å². The van der Waals surface area contributed by atoms with E-state index in [1.54, 1.807) is 0 Å². The zero-order valence-corrected chi connectivity index (χ0v) is 12.4. The predicted octanol–water partition coefficient (Wildman–Crippen LogP) is 1.57. The summed E-state index contributed by atoms with van der Waals surface area (Å²) < 4.78 is 0. The quantitative estimate of drug-likeness (QED) is 0.831. The first-order chi connectivity index (χ1) is 9.56. The molecule has 20 heavy (non-hydrogen) atoms. The molecule has 1 saturated carbocycles. The van der Waals surface area contributed by atoms with E-state index in [1.165, 1.54) is 0 Å². The van der Waals surface area contributed by atoms with Gasteiger partial charge in [-0.15, -0.1) is 0 Å². The second kappa shape index (κ2) is 7.07. The maximum absolute atomic E-state index is 12.3. The minimum absolute atomic E-state index is 0.0132. The molecule has 2 fully saturated rings. The highest BCUT2D eigenvalue weighted by atomic mass is 16.4. The van der Waals surface area contributed by atoms with E-state index in [0.29, 0.717) is 5.92 Å². The molecule has 1 saturated heterocycles. The standard InChI is InChI=1S/C15H26N2O3/c1-12-6-8-16(9-7-12)14(18)10-17(11-15(19)20)13-4-2-3-5-13/h12-13H,2-11H2,1H3,(H,19,20). The Bertz CT molecular complexity index is 345. The molecule has 1 aliphatic carbocycles. The lowest BCUT2D eigenvalue weighted by atomic mass is 9.99. The summed E-state index contributed by atoms with van der Waals surface area (Å²) in [5.41, 5.74) is 0. The van der Waals surface area contributed by atoms with Crippen LogP contribution in [0.25, 0.3) is 0 Å². The summed E-state index contributed by atoms with van der Waals surface area (Å²) in [5.74, 6) is -0.0361. The number of carboxylic acids is 1. The number of aliphatic carboxylic acids is 1. The number of amides is 1. The van der Waals surface area contributed by atoms with E-state index in [0.717, 1.165) is 51.6 Å². The minimum Gasteiger partial charge on any atom is -0.480 e. The molecule has 1 N–H and O–H groups in total. The number of carboxylic acid groups (broad SMARTS) is 1. The summed E-state index contributed by atoms with van der Waals surface area (Å²) in [6, 6.07) is 0.277. The fraction of sp³-hybridized carbons (Fsp3) is 0.867. The van der Waals surface area contributed by atoms with E-state index in [9.17, 15) is 9.59 Å². The van der Waals surface area contributed by atoms with Gasteiger partial charge in [-0.05, 0) is 31.6 Å². The van der Waals surface area contributed by atoms with E-state index >= 15 is 0 Å². The third kappa shape index (κ3) is 4.20. The van der Waals surface area contributed by atoms with Crippen LogP contribution < -0.4 is 0 Å². The molecule has 0 radical (unpaired) electrons. The van der Waals surface area contributed by atoms with Crippen LogP contribution in [-0.2, 0) is 9.59 Å². The Labute approximate surface area is 120 Å². The van der Waals surface area contributed by atoms with E-state index < -0.39 is 5.97 Å². The molecular formula is C15H26N2O3. The van der Waals surface area contributed by atoms with Crippen molar-refractivity contribution in [3.63, 3.8) is 0 Å². The molecule has 0 atom stereocenters. The summed E-state index contributed by atoms with van der Waals surface area (Å²) >= 11 is 0. The monoisotopic (exact) mass is 282 g/mol. The highest BCUT2D eigenvalue weighted by molar-refractivity contribution is 5.79. The Hall–Kier alpha value is -1.10. The van der Waals surface area contributed by atoms with Crippen molar-refractivity contribution in [3.8, 4) is 0 Å². The van der Waals surface area contributed by atoms with Crippen LogP contribution in [0.15, 0.2) is 0 Å². The van der Waals surface area contributed by atoms with Crippen LogP contribution in [0.5, 0.6) is 0 Å². The average Bonchev–Trinajstić information content (AvgIpc) is 2.92. The molecule has 0 unspecified atom stereocenters. The van der Waals surface area contributed by atoms with Crippen molar-refractivity contribution in [1.82, 2.24) is 9.80 Å². The van der Waals surface area contributed by atoms with Gasteiger partial charge in [-0.3, -0.25) is 14.5 Å². The summed E-state index contributed by atoms with van der Waals surface area (Å²) in [5, 5.41) is 9.04. The molecule has 2 aliphatic rings. The Kier molecular flexibility index (Phi) is 5.40. The van der Waals surface area contributed by atoms with Crippen LogP contribution in [0.2, 0.25) is 0 Å². The maximum Gasteiger partial charge on any atom is 0.317 e. The van der Waals surface area contributed by atoms with Gasteiger partial charge >= 0.3 is 5.97 Å². The molecule has 5 nitrogen and oxygen atoms in total. The van der Waals surface area contributed by atoms with Gasteiger partial charge < -0.3 is 10.0 Å². The van der Waals surface area contributed by atoms with Gasteiger partial charge in [0.15, 0.2) is 0 Å². The summed E-state index contributed by atoms with van der Waals surface area (Å²) in [6.07, 6.45) is 6.48. The van der Waals surface area contributed by atoms with Crippen LogP contribution in [0.1, 0.15) is 45.4 Å². The molecule has 0 aromatic carbocycles. The Morgan fingerprint density at radius 1 is 1.10 bits per heavy atom. The fourth-order valence-electron chi connectivity index (χ4n) is 3.29. The van der Waals surface area contributed by atoms with Gasteiger partial charge in [-0.25, -0.2) is 0 Å². The predicted molar refractivity (Wildman–Crippen MR) is 76.4 cm³/mol. The van der Waals surface area contributed by atoms with E-state index in [4.69, 9.17) is 5.11 Å². The Balaban J connectivity index is 1.89. The topological polar surface area (TPSA) is 60.9 Å². The van der Waals surface area contributed by atoms with E-state index in [2.05, 4.69) is 6.92 Å². The van der Waals surface area contributed by atoms with Crippen LogP contribution in [-0.4, -0.2) is 59.0 Å². The van der Waals surface area contributed by atoms with E-state index in [-0.39, 0.29) is 25.0 Å². The molecule has 0 aromatic rings. The van der Waals surface area contributed by atoms with Crippen molar-refractivity contribution in [2.24, 2.45) is 5.92 Å². The van der Waals surface area contributed by atoms with Gasteiger partial charge in [-0.2, -0.15) is 0 Å². The lowest BCUT2D eigenvalue weighted by Crippen LogP contribution is -2.47. The van der Waals surface area contributed by atoms with Crippen molar-refractivity contribution in [2.75, 3.05) is 26.2 Å². The third-order valence-electron chi connectivity index (χ3n) is 4.65. The number of carbonyl (C=O) groups excluding carboxylic acids is 1. The number of likely N-dealkylation sites (tertiary alicyclic amines) is 1. The minimum atomic E-state index is -0.836. The highest BCUT2D eigenvalue weighted by Gasteiger charge is 2.28. The first kappa shape index (κ1) is 15.3. The lowest BCUT2D eigenvalue weighted by Gasteiger charge is -2.33. The molecule has 1 aliphatic heterocycles. The van der Waals surface area contributed by atoms with Crippen LogP contribution in [0.4, 0.5) is 0 Å². The van der Waals surface area contributed by atoms with Crippen molar-refractivity contribution in [3.05, 3.63) is 0 Å². The number of piperidine rings is 1. The van der Waals surface area contributed by atoms with Crippen molar-refractivity contribution in [1.29, 1.82) is 0 Å². The zero-order valence-electron chi connectivity index (χ0n) is 12.4. The second-order valence-electron chi connectivity index (χ2n) is 6.30. The number of carbonyl (C=O) groups is 2. The SMILES string of the molecule is CC1CCN(C(=O)CN(CC(=O)O)C2CCCC2)CC1. The van der Waals surface area contributed by atoms with Gasteiger partial charge in [0.1, 0.15) is 0 Å². The van der Waals surface area contributed by atoms with E-state index in [1.807, 2.05) is 9.80 Å². The summed E-state index contributed by atoms with van der Waals surface area (Å²) in [6.45, 7) is 4.13. The number of rotatable bonds is 5. The molecular weight excluding hydrogens is 256 g/mol. The zero-order chi connectivity index (χ0) is 14.5. The number of hydrogen-bond donors (Lipinski definition) is 1. The van der Waals surface area contributed by atoms with Gasteiger partial charge in [0, 0.05) is 19.1 Å². The van der Waals surface area contributed by atoms with Crippen molar-refractivity contribution >= 4 is 11.9 Å². The van der Waals surface area contributed by atoms with Crippen LogP contribution in [0.3, 0.4) is 0 Å². The molecule has 1 amide bonds. The average molecular weight is 282 g/mol. The first-order valence-electron chi connectivity index (χ1n) is 7.80.